The molecule has 6 nitrogen and oxygen atoms in total. The molecule has 1 aromatic heterocycles. The van der Waals surface area contributed by atoms with Crippen LogP contribution < -0.4 is 10.1 Å². The summed E-state index contributed by atoms with van der Waals surface area (Å²) in [7, 11) is 0. The lowest BCUT2D eigenvalue weighted by atomic mass is 10.1. The number of rotatable bonds is 7. The van der Waals surface area contributed by atoms with Crippen molar-refractivity contribution in [2.75, 3.05) is 13.1 Å². The lowest BCUT2D eigenvalue weighted by Gasteiger charge is -2.23. The number of nitrogens with zero attached hydrogens (tertiary/aromatic N) is 2. The van der Waals surface area contributed by atoms with Crippen molar-refractivity contribution in [3.8, 4) is 5.75 Å². The number of para-hydroxylation sites is 1. The number of hydrogen-bond donors (Lipinski definition) is 1. The Morgan fingerprint density at radius 2 is 1.74 bits per heavy atom. The summed E-state index contributed by atoms with van der Waals surface area (Å²) < 4.78 is 6.10. The number of carbonyl (C=O) groups is 2. The van der Waals surface area contributed by atoms with Crippen LogP contribution in [-0.2, 0) is 29.0 Å². The van der Waals surface area contributed by atoms with E-state index >= 15 is 0 Å². The Bertz CT molecular complexity index is 1020. The Labute approximate surface area is 181 Å². The summed E-state index contributed by atoms with van der Waals surface area (Å²) in [5, 5.41) is 2.91. The highest BCUT2D eigenvalue weighted by Gasteiger charge is 2.32. The molecule has 1 unspecified atom stereocenters. The van der Waals surface area contributed by atoms with Crippen LogP contribution in [0.15, 0.2) is 79.1 Å². The van der Waals surface area contributed by atoms with Crippen LogP contribution >= 0.6 is 0 Å². The molecule has 3 aromatic rings. The molecule has 31 heavy (non-hydrogen) atoms. The molecule has 0 saturated heterocycles. The smallest absolute Gasteiger partial charge is 0.264 e. The monoisotopic (exact) mass is 415 g/mol. The highest BCUT2D eigenvalue weighted by atomic mass is 16.5. The second-order valence-electron chi connectivity index (χ2n) is 7.55. The van der Waals surface area contributed by atoms with Gasteiger partial charge in [0.05, 0.1) is 6.54 Å². The third kappa shape index (κ3) is 5.48. The molecule has 1 N–H and O–H groups in total. The van der Waals surface area contributed by atoms with Gasteiger partial charge in [0.15, 0.2) is 6.10 Å². The molecule has 6 heteroatoms. The van der Waals surface area contributed by atoms with E-state index in [9.17, 15) is 9.59 Å². The zero-order chi connectivity index (χ0) is 21.5. The van der Waals surface area contributed by atoms with Crippen molar-refractivity contribution in [1.82, 2.24) is 15.2 Å². The number of amides is 2. The molecule has 0 spiro atoms. The maximum Gasteiger partial charge on any atom is 0.264 e. The van der Waals surface area contributed by atoms with Gasteiger partial charge in [-0.15, -0.1) is 0 Å². The van der Waals surface area contributed by atoms with E-state index in [0.29, 0.717) is 31.7 Å². The molecule has 4 rings (SSSR count). The van der Waals surface area contributed by atoms with Gasteiger partial charge >= 0.3 is 0 Å². The lowest BCUT2D eigenvalue weighted by molar-refractivity contribution is -0.141. The molecule has 0 saturated carbocycles. The number of fused-ring (bicyclic) bond motifs is 1. The van der Waals surface area contributed by atoms with Crippen LogP contribution in [0.5, 0.6) is 5.75 Å². The largest absolute Gasteiger partial charge is 0.480 e. The molecule has 0 aliphatic carbocycles. The van der Waals surface area contributed by atoms with E-state index < -0.39 is 6.10 Å². The van der Waals surface area contributed by atoms with E-state index in [1.807, 2.05) is 66.7 Å². The number of nitrogens with one attached hydrogen (secondary N) is 1. The number of pyridine rings is 1. The van der Waals surface area contributed by atoms with Crippen LogP contribution in [-0.4, -0.2) is 40.9 Å². The van der Waals surface area contributed by atoms with E-state index in [1.54, 1.807) is 17.3 Å². The van der Waals surface area contributed by atoms with Gasteiger partial charge in [-0.25, -0.2) is 0 Å². The fourth-order valence-corrected chi connectivity index (χ4v) is 3.66. The molecule has 1 atom stereocenters. The molecular weight excluding hydrogens is 390 g/mol. The topological polar surface area (TPSA) is 71.5 Å². The first-order chi connectivity index (χ1) is 15.2. The van der Waals surface area contributed by atoms with Gasteiger partial charge in [-0.2, -0.15) is 0 Å². The van der Waals surface area contributed by atoms with Crippen molar-refractivity contribution >= 4 is 11.8 Å². The molecule has 2 aromatic carbocycles. The molecule has 1 aliphatic heterocycles. The highest BCUT2D eigenvalue weighted by molar-refractivity contribution is 5.88. The van der Waals surface area contributed by atoms with Crippen molar-refractivity contribution in [3.63, 3.8) is 0 Å². The summed E-state index contributed by atoms with van der Waals surface area (Å²) in [4.78, 5) is 31.4. The maximum atomic E-state index is 13.3. The summed E-state index contributed by atoms with van der Waals surface area (Å²) >= 11 is 0. The first kappa shape index (κ1) is 20.6. The minimum absolute atomic E-state index is 0.00182. The second-order valence-corrected chi connectivity index (χ2v) is 7.55. The first-order valence-electron chi connectivity index (χ1n) is 10.4. The maximum absolute atomic E-state index is 13.3. The van der Waals surface area contributed by atoms with Crippen LogP contribution in [0.3, 0.4) is 0 Å². The summed E-state index contributed by atoms with van der Waals surface area (Å²) in [6, 6.07) is 21.2. The summed E-state index contributed by atoms with van der Waals surface area (Å²) in [5.74, 6) is 0.335. The van der Waals surface area contributed by atoms with E-state index in [1.165, 1.54) is 0 Å². The van der Waals surface area contributed by atoms with Crippen molar-refractivity contribution < 1.29 is 14.3 Å². The van der Waals surface area contributed by atoms with Gasteiger partial charge in [0.2, 0.25) is 5.91 Å². The van der Waals surface area contributed by atoms with Crippen LogP contribution in [0.25, 0.3) is 0 Å². The van der Waals surface area contributed by atoms with E-state index in [-0.39, 0.29) is 18.4 Å². The molecule has 1 aliphatic rings. The predicted octanol–water partition coefficient (Wildman–Crippen LogP) is 2.77. The number of ether oxygens (including phenoxy) is 1. The van der Waals surface area contributed by atoms with Crippen molar-refractivity contribution in [2.24, 2.45) is 0 Å². The third-order valence-electron chi connectivity index (χ3n) is 5.27. The molecule has 0 fully saturated rings. The Hall–Kier alpha value is -3.67. The fraction of sp³-hybridized carbons (Fsp3) is 0.240. The van der Waals surface area contributed by atoms with Gasteiger partial charge in [-0.3, -0.25) is 14.6 Å². The molecule has 0 bridgehead atoms. The van der Waals surface area contributed by atoms with Crippen molar-refractivity contribution in [3.05, 3.63) is 95.8 Å². The number of carbonyl (C=O) groups excluding carboxylic acids is 2. The van der Waals surface area contributed by atoms with Crippen molar-refractivity contribution in [2.45, 2.75) is 25.5 Å². The average molecular weight is 415 g/mol. The normalized spacial score (nSPS) is 15.5. The Morgan fingerprint density at radius 3 is 2.55 bits per heavy atom. The zero-order valence-electron chi connectivity index (χ0n) is 17.2. The van der Waals surface area contributed by atoms with Crippen LogP contribution in [0, 0.1) is 0 Å². The fourth-order valence-electron chi connectivity index (χ4n) is 3.66. The SMILES string of the molecule is O=C(CN1Cc2ccccc2OC(Cc2ccccc2)C1=O)NCCc1ccncc1. The highest BCUT2D eigenvalue weighted by Crippen LogP contribution is 2.26. The van der Waals surface area contributed by atoms with Crippen LogP contribution in [0.1, 0.15) is 16.7 Å². The minimum Gasteiger partial charge on any atom is -0.480 e. The molecule has 2 amide bonds. The average Bonchev–Trinajstić information content (AvgIpc) is 2.92. The second kappa shape index (κ2) is 9.89. The number of hydrogen-bond acceptors (Lipinski definition) is 4. The lowest BCUT2D eigenvalue weighted by Crippen LogP contribution is -2.45. The van der Waals surface area contributed by atoms with Gasteiger partial charge in [-0.1, -0.05) is 48.5 Å². The van der Waals surface area contributed by atoms with Gasteiger partial charge in [0.1, 0.15) is 5.75 Å². The van der Waals surface area contributed by atoms with E-state index in [0.717, 1.165) is 16.7 Å². The zero-order valence-corrected chi connectivity index (χ0v) is 17.2. The van der Waals surface area contributed by atoms with Crippen molar-refractivity contribution in [1.29, 1.82) is 0 Å². The van der Waals surface area contributed by atoms with Crippen LogP contribution in [0.4, 0.5) is 0 Å². The van der Waals surface area contributed by atoms with E-state index in [4.69, 9.17) is 4.74 Å². The number of aromatic nitrogens is 1. The number of benzene rings is 2. The minimum atomic E-state index is -0.671. The van der Waals surface area contributed by atoms with Gasteiger partial charge < -0.3 is 15.0 Å². The summed E-state index contributed by atoms with van der Waals surface area (Å²) in [6.45, 7) is 0.849. The Morgan fingerprint density at radius 1 is 1.00 bits per heavy atom. The van der Waals surface area contributed by atoms with Crippen LogP contribution in [0.2, 0.25) is 0 Å². The van der Waals surface area contributed by atoms with Gasteiger partial charge in [0.25, 0.3) is 5.91 Å². The molecule has 158 valence electrons. The van der Waals surface area contributed by atoms with Gasteiger partial charge in [0, 0.05) is 37.5 Å². The predicted molar refractivity (Wildman–Crippen MR) is 117 cm³/mol. The first-order valence-corrected chi connectivity index (χ1v) is 10.4. The Kier molecular flexibility index (Phi) is 6.57. The quantitative estimate of drug-likeness (QED) is 0.644. The standard InChI is InChI=1S/C25H25N3O3/c29-24(27-15-12-19-10-13-26-14-11-19)18-28-17-21-8-4-5-9-22(21)31-23(25(28)30)16-20-6-2-1-3-7-20/h1-11,13-14,23H,12,15-18H2,(H,27,29). The summed E-state index contributed by atoms with van der Waals surface area (Å²) in [6.07, 6.45) is 3.96. The third-order valence-corrected chi connectivity index (χ3v) is 5.27. The Balaban J connectivity index is 1.43. The molecular formula is C25H25N3O3. The van der Waals surface area contributed by atoms with E-state index in [2.05, 4.69) is 10.3 Å². The molecule has 2 heterocycles. The summed E-state index contributed by atoms with van der Waals surface area (Å²) in [5.41, 5.74) is 3.02. The molecule has 0 radical (unpaired) electrons. The van der Waals surface area contributed by atoms with Gasteiger partial charge in [-0.05, 0) is 35.7 Å².